The molecule has 0 aliphatic heterocycles. The first-order chi connectivity index (χ1) is 7.14. The van der Waals surface area contributed by atoms with E-state index in [0.717, 1.165) is 12.1 Å². The minimum atomic E-state index is -0.370. The lowest BCUT2D eigenvalue weighted by Gasteiger charge is -2.34. The highest BCUT2D eigenvalue weighted by atomic mass is 16.3. The molecule has 0 bridgehead atoms. The van der Waals surface area contributed by atoms with Gasteiger partial charge in [-0.15, -0.1) is 0 Å². The molecule has 0 aliphatic carbocycles. The number of nitrogens with one attached hydrogen (secondary N) is 1. The minimum absolute atomic E-state index is 0.0890. The molecule has 2 N–H and O–H groups in total. The number of benzene rings is 1. The van der Waals surface area contributed by atoms with Crippen molar-refractivity contribution in [3.8, 4) is 0 Å². The molecule has 15 heavy (non-hydrogen) atoms. The smallest absolute Gasteiger partial charge is 0.0795 e. The number of rotatable bonds is 5. The van der Waals surface area contributed by atoms with Crippen molar-refractivity contribution in [3.63, 3.8) is 0 Å². The Bertz CT molecular complexity index is 281. The van der Waals surface area contributed by atoms with E-state index in [1.165, 1.54) is 0 Å². The lowest BCUT2D eigenvalue weighted by atomic mass is 9.90. The van der Waals surface area contributed by atoms with E-state index in [-0.39, 0.29) is 12.1 Å². The SMILES string of the molecule is CNC(CO)(CN(C)C)c1ccccc1. The Balaban J connectivity index is 3.00. The second-order valence-electron chi connectivity index (χ2n) is 4.09. The van der Waals surface area contributed by atoms with Crippen LogP contribution >= 0.6 is 0 Å². The number of nitrogens with zero attached hydrogens (tertiary/aromatic N) is 1. The molecule has 0 amide bonds. The van der Waals surface area contributed by atoms with Crippen LogP contribution in [-0.4, -0.2) is 44.3 Å². The van der Waals surface area contributed by atoms with E-state index < -0.39 is 0 Å². The summed E-state index contributed by atoms with van der Waals surface area (Å²) in [5.74, 6) is 0. The maximum Gasteiger partial charge on any atom is 0.0795 e. The van der Waals surface area contributed by atoms with Gasteiger partial charge in [-0.2, -0.15) is 0 Å². The Labute approximate surface area is 91.7 Å². The molecule has 1 unspecified atom stereocenters. The summed E-state index contributed by atoms with van der Waals surface area (Å²) < 4.78 is 0. The van der Waals surface area contributed by atoms with Crippen molar-refractivity contribution < 1.29 is 5.11 Å². The molecule has 1 rings (SSSR count). The van der Waals surface area contributed by atoms with E-state index in [1.54, 1.807) is 0 Å². The topological polar surface area (TPSA) is 35.5 Å². The summed E-state index contributed by atoms with van der Waals surface area (Å²) >= 11 is 0. The minimum Gasteiger partial charge on any atom is -0.394 e. The normalized spacial score (nSPS) is 15.3. The largest absolute Gasteiger partial charge is 0.394 e. The highest BCUT2D eigenvalue weighted by Crippen LogP contribution is 2.20. The van der Waals surface area contributed by atoms with Crippen LogP contribution in [0.2, 0.25) is 0 Å². The van der Waals surface area contributed by atoms with Crippen LogP contribution in [0.5, 0.6) is 0 Å². The number of aliphatic hydroxyl groups is 1. The maximum absolute atomic E-state index is 9.59. The number of aliphatic hydroxyl groups excluding tert-OH is 1. The molecule has 1 atom stereocenters. The zero-order valence-corrected chi connectivity index (χ0v) is 9.70. The Kier molecular flexibility index (Phi) is 4.27. The summed E-state index contributed by atoms with van der Waals surface area (Å²) in [4.78, 5) is 2.07. The molecule has 84 valence electrons. The molecular weight excluding hydrogens is 188 g/mol. The van der Waals surface area contributed by atoms with E-state index >= 15 is 0 Å². The predicted octanol–water partition coefficient (Wildman–Crippen LogP) is 0.655. The first kappa shape index (κ1) is 12.2. The van der Waals surface area contributed by atoms with E-state index in [9.17, 15) is 5.11 Å². The van der Waals surface area contributed by atoms with Crippen molar-refractivity contribution in [2.75, 3.05) is 34.3 Å². The fourth-order valence-corrected chi connectivity index (χ4v) is 1.83. The molecule has 0 radical (unpaired) electrons. The summed E-state index contributed by atoms with van der Waals surface area (Å²) in [6.45, 7) is 0.857. The third kappa shape index (κ3) is 2.78. The van der Waals surface area contributed by atoms with Gasteiger partial charge in [0.2, 0.25) is 0 Å². The zero-order chi connectivity index (χ0) is 11.3. The zero-order valence-electron chi connectivity index (χ0n) is 9.70. The quantitative estimate of drug-likeness (QED) is 0.746. The highest BCUT2D eigenvalue weighted by Gasteiger charge is 2.29. The van der Waals surface area contributed by atoms with Crippen LogP contribution < -0.4 is 5.32 Å². The summed E-state index contributed by atoms with van der Waals surface area (Å²) in [6, 6.07) is 10.0. The van der Waals surface area contributed by atoms with Crippen molar-refractivity contribution in [2.24, 2.45) is 0 Å². The third-order valence-electron chi connectivity index (χ3n) is 2.66. The molecule has 0 aromatic heterocycles. The predicted molar refractivity (Wildman–Crippen MR) is 62.8 cm³/mol. The second-order valence-corrected chi connectivity index (χ2v) is 4.09. The fourth-order valence-electron chi connectivity index (χ4n) is 1.83. The molecule has 0 saturated heterocycles. The first-order valence-corrected chi connectivity index (χ1v) is 5.14. The van der Waals surface area contributed by atoms with Gasteiger partial charge in [-0.1, -0.05) is 30.3 Å². The number of likely N-dealkylation sites (N-methyl/N-ethyl adjacent to an activating group) is 2. The second kappa shape index (κ2) is 5.26. The van der Waals surface area contributed by atoms with Gasteiger partial charge < -0.3 is 15.3 Å². The monoisotopic (exact) mass is 208 g/mol. The summed E-state index contributed by atoms with van der Waals surface area (Å²) in [5.41, 5.74) is 0.744. The Hall–Kier alpha value is -0.900. The van der Waals surface area contributed by atoms with E-state index in [2.05, 4.69) is 10.2 Å². The van der Waals surface area contributed by atoms with Gasteiger partial charge in [0, 0.05) is 6.54 Å². The van der Waals surface area contributed by atoms with Crippen LogP contribution in [0.1, 0.15) is 5.56 Å². The van der Waals surface area contributed by atoms with Gasteiger partial charge in [0.25, 0.3) is 0 Å². The van der Waals surface area contributed by atoms with Crippen LogP contribution in [0.3, 0.4) is 0 Å². The lowest BCUT2D eigenvalue weighted by Crippen LogP contribution is -2.50. The molecular formula is C12H20N2O. The van der Waals surface area contributed by atoms with Gasteiger partial charge in [0.05, 0.1) is 12.1 Å². The molecule has 0 fully saturated rings. The molecule has 3 heteroatoms. The van der Waals surface area contributed by atoms with Crippen molar-refractivity contribution in [2.45, 2.75) is 5.54 Å². The molecule has 1 aromatic rings. The lowest BCUT2D eigenvalue weighted by molar-refractivity contribution is 0.135. The van der Waals surface area contributed by atoms with Gasteiger partial charge in [0.15, 0.2) is 0 Å². The van der Waals surface area contributed by atoms with Crippen LogP contribution in [0.4, 0.5) is 0 Å². The van der Waals surface area contributed by atoms with Crippen molar-refractivity contribution in [1.29, 1.82) is 0 Å². The molecule has 1 aromatic carbocycles. The molecule has 0 saturated carbocycles. The van der Waals surface area contributed by atoms with E-state index in [4.69, 9.17) is 0 Å². The average Bonchev–Trinajstić information content (AvgIpc) is 2.27. The standard InChI is InChI=1S/C12H20N2O/c1-13-12(10-15,9-14(2)3)11-7-5-4-6-8-11/h4-8,13,15H,9-10H2,1-3H3. The molecule has 0 heterocycles. The van der Waals surface area contributed by atoms with E-state index in [1.807, 2.05) is 51.5 Å². The average molecular weight is 208 g/mol. The van der Waals surface area contributed by atoms with Gasteiger partial charge >= 0.3 is 0 Å². The van der Waals surface area contributed by atoms with Gasteiger partial charge in [0.1, 0.15) is 0 Å². The fraction of sp³-hybridized carbons (Fsp3) is 0.500. The van der Waals surface area contributed by atoms with Crippen LogP contribution in [-0.2, 0) is 5.54 Å². The van der Waals surface area contributed by atoms with Crippen molar-refractivity contribution in [3.05, 3.63) is 35.9 Å². The van der Waals surface area contributed by atoms with Crippen molar-refractivity contribution in [1.82, 2.24) is 10.2 Å². The molecule has 0 aliphatic rings. The van der Waals surface area contributed by atoms with Gasteiger partial charge in [-0.05, 0) is 26.7 Å². The Morgan fingerprint density at radius 3 is 2.27 bits per heavy atom. The summed E-state index contributed by atoms with van der Waals surface area (Å²) in [5, 5.41) is 12.8. The molecule has 3 nitrogen and oxygen atoms in total. The Morgan fingerprint density at radius 2 is 1.87 bits per heavy atom. The van der Waals surface area contributed by atoms with Crippen LogP contribution in [0, 0.1) is 0 Å². The van der Waals surface area contributed by atoms with Crippen molar-refractivity contribution >= 4 is 0 Å². The number of hydrogen-bond donors (Lipinski definition) is 2. The number of hydrogen-bond acceptors (Lipinski definition) is 3. The first-order valence-electron chi connectivity index (χ1n) is 5.14. The summed E-state index contributed by atoms with van der Waals surface area (Å²) in [6.07, 6.45) is 0. The van der Waals surface area contributed by atoms with Crippen LogP contribution in [0.15, 0.2) is 30.3 Å². The van der Waals surface area contributed by atoms with Gasteiger partial charge in [-0.3, -0.25) is 0 Å². The highest BCUT2D eigenvalue weighted by molar-refractivity contribution is 5.25. The third-order valence-corrected chi connectivity index (χ3v) is 2.66. The molecule has 0 spiro atoms. The van der Waals surface area contributed by atoms with Crippen LogP contribution in [0.25, 0.3) is 0 Å². The van der Waals surface area contributed by atoms with Gasteiger partial charge in [-0.25, -0.2) is 0 Å². The Morgan fingerprint density at radius 1 is 1.27 bits per heavy atom. The maximum atomic E-state index is 9.59. The van der Waals surface area contributed by atoms with E-state index in [0.29, 0.717) is 0 Å². The summed E-state index contributed by atoms with van der Waals surface area (Å²) in [7, 11) is 5.89.